The second kappa shape index (κ2) is 9.95. The Morgan fingerprint density at radius 2 is 1.58 bits per heavy atom. The first kappa shape index (κ1) is 24.5. The van der Waals surface area contributed by atoms with E-state index in [9.17, 15) is 19.2 Å². The molecular weight excluding hydrogens is 466 g/mol. The lowest BCUT2D eigenvalue weighted by Gasteiger charge is -2.27. The van der Waals surface area contributed by atoms with Gasteiger partial charge in [0.1, 0.15) is 6.04 Å². The summed E-state index contributed by atoms with van der Waals surface area (Å²) < 4.78 is 15.8. The van der Waals surface area contributed by atoms with Gasteiger partial charge >= 0.3 is 0 Å². The summed E-state index contributed by atoms with van der Waals surface area (Å²) in [6.07, 6.45) is -0.281. The van der Waals surface area contributed by atoms with Gasteiger partial charge in [-0.05, 0) is 23.6 Å². The van der Waals surface area contributed by atoms with E-state index >= 15 is 0 Å². The molecule has 0 saturated carbocycles. The number of hydrazine groups is 1. The molecule has 0 bridgehead atoms. The van der Waals surface area contributed by atoms with E-state index < -0.39 is 29.7 Å². The first-order valence-corrected chi connectivity index (χ1v) is 11.1. The van der Waals surface area contributed by atoms with Gasteiger partial charge in [-0.25, -0.2) is 9.91 Å². The molecule has 1 atom stereocenters. The number of rotatable bonds is 6. The largest absolute Gasteiger partial charge is 0.493 e. The van der Waals surface area contributed by atoms with Crippen molar-refractivity contribution < 1.29 is 33.4 Å². The van der Waals surface area contributed by atoms with E-state index in [-0.39, 0.29) is 23.5 Å². The molecule has 1 aliphatic heterocycles. The van der Waals surface area contributed by atoms with Crippen LogP contribution in [0.4, 0.5) is 5.69 Å². The van der Waals surface area contributed by atoms with E-state index in [1.165, 1.54) is 40.4 Å². The van der Waals surface area contributed by atoms with Crippen molar-refractivity contribution >= 4 is 40.1 Å². The molecule has 4 rings (SSSR count). The Morgan fingerprint density at radius 1 is 0.944 bits per heavy atom. The van der Waals surface area contributed by atoms with Gasteiger partial charge in [-0.2, -0.15) is 0 Å². The topological polar surface area (TPSA) is 114 Å². The quantitative estimate of drug-likeness (QED) is 0.417. The van der Waals surface area contributed by atoms with Crippen LogP contribution in [0.3, 0.4) is 0 Å². The number of nitrogens with one attached hydrogen (secondary N) is 1. The molecule has 0 radical (unpaired) electrons. The van der Waals surface area contributed by atoms with Gasteiger partial charge in [0, 0.05) is 17.9 Å². The summed E-state index contributed by atoms with van der Waals surface area (Å²) in [5.74, 6) is -1.63. The van der Waals surface area contributed by atoms with Crippen molar-refractivity contribution in [1.82, 2.24) is 10.4 Å². The molecule has 36 heavy (non-hydrogen) atoms. The summed E-state index contributed by atoms with van der Waals surface area (Å²) >= 11 is 0. The number of amides is 4. The average molecular weight is 492 g/mol. The number of methoxy groups -OCH3 is 3. The molecule has 1 heterocycles. The van der Waals surface area contributed by atoms with Crippen LogP contribution >= 0.6 is 0 Å². The molecule has 10 nitrogen and oxygen atoms in total. The number of hydrogen-bond acceptors (Lipinski definition) is 7. The van der Waals surface area contributed by atoms with Gasteiger partial charge in [-0.1, -0.05) is 36.4 Å². The predicted octanol–water partition coefficient (Wildman–Crippen LogP) is 2.69. The van der Waals surface area contributed by atoms with E-state index in [1.807, 2.05) is 30.3 Å². The summed E-state index contributed by atoms with van der Waals surface area (Å²) in [7, 11) is 4.25. The highest BCUT2D eigenvalue weighted by atomic mass is 16.5. The van der Waals surface area contributed by atoms with E-state index in [0.717, 1.165) is 20.7 Å². The molecule has 0 spiro atoms. The predicted molar refractivity (Wildman–Crippen MR) is 131 cm³/mol. The zero-order chi connectivity index (χ0) is 26.0. The molecule has 1 saturated heterocycles. The standard InChI is InChI=1S/C26H25N3O7/c1-15(30)29(27-25(32)17-12-21(34-2)24(36-4)22(13-17)35-3)20-14-23(31)28(26(20)33)19-11-7-9-16-8-5-6-10-18(16)19/h5-13,20H,14H2,1-4H3,(H,27,32). The van der Waals surface area contributed by atoms with Crippen molar-refractivity contribution in [3.05, 3.63) is 60.2 Å². The van der Waals surface area contributed by atoms with Crippen molar-refractivity contribution in [2.45, 2.75) is 19.4 Å². The van der Waals surface area contributed by atoms with Gasteiger partial charge in [0.05, 0.1) is 33.4 Å². The zero-order valence-corrected chi connectivity index (χ0v) is 20.2. The molecule has 0 aromatic heterocycles. The van der Waals surface area contributed by atoms with Crippen LogP contribution in [0.2, 0.25) is 0 Å². The maximum absolute atomic E-state index is 13.4. The molecular formula is C26H25N3O7. The third kappa shape index (κ3) is 4.28. The lowest BCUT2D eigenvalue weighted by molar-refractivity contribution is -0.139. The van der Waals surface area contributed by atoms with Crippen molar-refractivity contribution in [2.24, 2.45) is 0 Å². The van der Waals surface area contributed by atoms with Crippen LogP contribution in [0.1, 0.15) is 23.7 Å². The van der Waals surface area contributed by atoms with Crippen LogP contribution in [-0.2, 0) is 14.4 Å². The fourth-order valence-corrected chi connectivity index (χ4v) is 4.24. The first-order chi connectivity index (χ1) is 17.3. The van der Waals surface area contributed by atoms with E-state index in [2.05, 4.69) is 5.43 Å². The maximum atomic E-state index is 13.4. The van der Waals surface area contributed by atoms with Crippen molar-refractivity contribution in [1.29, 1.82) is 0 Å². The Balaban J connectivity index is 1.64. The molecule has 3 aromatic rings. The second-order valence-electron chi connectivity index (χ2n) is 8.03. The normalized spacial score (nSPS) is 15.1. The minimum Gasteiger partial charge on any atom is -0.493 e. The summed E-state index contributed by atoms with van der Waals surface area (Å²) in [6.45, 7) is 1.20. The van der Waals surface area contributed by atoms with Gasteiger partial charge in [-0.3, -0.25) is 24.6 Å². The highest BCUT2D eigenvalue weighted by Gasteiger charge is 2.45. The van der Waals surface area contributed by atoms with Gasteiger partial charge in [-0.15, -0.1) is 0 Å². The smallest absolute Gasteiger partial charge is 0.270 e. The van der Waals surface area contributed by atoms with E-state index in [0.29, 0.717) is 11.4 Å². The monoisotopic (exact) mass is 491 g/mol. The van der Waals surface area contributed by atoms with Crippen LogP contribution < -0.4 is 24.5 Å². The molecule has 1 unspecified atom stereocenters. The number of nitrogens with zero attached hydrogens (tertiary/aromatic N) is 2. The number of ether oxygens (including phenoxy) is 3. The number of carbonyl (C=O) groups is 4. The molecule has 1 fully saturated rings. The summed E-state index contributed by atoms with van der Waals surface area (Å²) in [5, 5.41) is 2.47. The second-order valence-corrected chi connectivity index (χ2v) is 8.03. The summed E-state index contributed by atoms with van der Waals surface area (Å²) in [6, 6.07) is 14.3. The van der Waals surface area contributed by atoms with Crippen LogP contribution in [0, 0.1) is 0 Å². The number of carbonyl (C=O) groups excluding carboxylic acids is 4. The van der Waals surface area contributed by atoms with Gasteiger partial charge in [0.15, 0.2) is 11.5 Å². The minimum atomic E-state index is -1.21. The highest BCUT2D eigenvalue weighted by molar-refractivity contribution is 6.25. The Labute approximate surface area is 207 Å². The van der Waals surface area contributed by atoms with Gasteiger partial charge in [0.2, 0.25) is 17.6 Å². The van der Waals surface area contributed by atoms with Crippen molar-refractivity contribution in [2.75, 3.05) is 26.2 Å². The molecule has 4 amide bonds. The lowest BCUT2D eigenvalue weighted by Crippen LogP contribution is -2.54. The van der Waals surface area contributed by atoms with Crippen molar-refractivity contribution in [3.63, 3.8) is 0 Å². The third-order valence-corrected chi connectivity index (χ3v) is 5.93. The number of benzene rings is 3. The van der Waals surface area contributed by atoms with E-state index in [1.54, 1.807) is 12.1 Å². The molecule has 1 aliphatic rings. The fraction of sp³-hybridized carbons (Fsp3) is 0.231. The molecule has 1 N–H and O–H groups in total. The van der Waals surface area contributed by atoms with Gasteiger partial charge < -0.3 is 14.2 Å². The zero-order valence-electron chi connectivity index (χ0n) is 20.2. The summed E-state index contributed by atoms with van der Waals surface area (Å²) in [4.78, 5) is 53.1. The number of hydrogen-bond donors (Lipinski definition) is 1. The SMILES string of the molecule is COc1cc(C(=O)NN(C(C)=O)C2CC(=O)N(c3cccc4ccccc34)C2=O)cc(OC)c1OC. The molecule has 186 valence electrons. The molecule has 10 heteroatoms. The van der Waals surface area contributed by atoms with E-state index in [4.69, 9.17) is 14.2 Å². The Bertz CT molecular complexity index is 1340. The Morgan fingerprint density at radius 3 is 2.19 bits per heavy atom. The maximum Gasteiger partial charge on any atom is 0.270 e. The third-order valence-electron chi connectivity index (χ3n) is 5.93. The van der Waals surface area contributed by atoms with Gasteiger partial charge in [0.25, 0.3) is 11.8 Å². The number of imide groups is 1. The van der Waals surface area contributed by atoms with Crippen molar-refractivity contribution in [3.8, 4) is 17.2 Å². The minimum absolute atomic E-state index is 0.0958. The molecule has 3 aromatic carbocycles. The lowest BCUT2D eigenvalue weighted by atomic mass is 10.1. The first-order valence-electron chi connectivity index (χ1n) is 11.1. The summed E-state index contributed by atoms with van der Waals surface area (Å²) in [5.41, 5.74) is 2.99. The fourth-order valence-electron chi connectivity index (χ4n) is 4.24. The van der Waals surface area contributed by atoms with Crippen LogP contribution in [-0.4, -0.2) is 56.0 Å². The Hall–Kier alpha value is -4.60. The number of anilines is 1. The molecule has 0 aliphatic carbocycles. The Kier molecular flexibility index (Phi) is 6.77. The van der Waals surface area contributed by atoms with Crippen LogP contribution in [0.25, 0.3) is 10.8 Å². The highest BCUT2D eigenvalue weighted by Crippen LogP contribution is 2.38. The average Bonchev–Trinajstić information content (AvgIpc) is 3.18. The van der Waals surface area contributed by atoms with Crippen LogP contribution in [0.5, 0.6) is 17.2 Å². The number of fused-ring (bicyclic) bond motifs is 1. The van der Waals surface area contributed by atoms with Crippen LogP contribution in [0.15, 0.2) is 54.6 Å².